The van der Waals surface area contributed by atoms with Crippen molar-refractivity contribution in [2.45, 2.75) is 4.90 Å². The molecule has 0 atom stereocenters. The third-order valence-corrected chi connectivity index (χ3v) is 4.73. The van der Waals surface area contributed by atoms with Crippen LogP contribution in [0.15, 0.2) is 29.2 Å². The fraction of sp³-hybridized carbons (Fsp3) is 0.357. The average molecular weight is 370 g/mol. The van der Waals surface area contributed by atoms with Crippen LogP contribution >= 0.6 is 11.6 Å². The van der Waals surface area contributed by atoms with E-state index in [1.807, 2.05) is 4.90 Å². The zero-order chi connectivity index (χ0) is 17.2. The highest BCUT2D eigenvalue weighted by molar-refractivity contribution is 7.90. The molecule has 0 saturated carbocycles. The Labute approximate surface area is 144 Å². The molecule has 1 fully saturated rings. The summed E-state index contributed by atoms with van der Waals surface area (Å²) >= 11 is 5.98. The SMILES string of the molecule is CS(=O)(=O)c1ccc(Nc2nc(Cl)nc(N3CCOCC3)n2)cc1. The number of rotatable bonds is 4. The third kappa shape index (κ3) is 4.11. The van der Waals surface area contributed by atoms with E-state index in [4.69, 9.17) is 16.3 Å². The number of ether oxygens (including phenoxy) is 1. The number of anilines is 3. The van der Waals surface area contributed by atoms with Crippen molar-refractivity contribution in [1.29, 1.82) is 0 Å². The lowest BCUT2D eigenvalue weighted by Crippen LogP contribution is -2.37. The summed E-state index contributed by atoms with van der Waals surface area (Å²) < 4.78 is 28.3. The number of morpholine rings is 1. The number of nitrogens with zero attached hydrogens (tertiary/aromatic N) is 4. The average Bonchev–Trinajstić information content (AvgIpc) is 2.55. The van der Waals surface area contributed by atoms with Crippen LogP contribution in [0.1, 0.15) is 0 Å². The van der Waals surface area contributed by atoms with Crippen LogP contribution in [0.3, 0.4) is 0 Å². The first-order valence-corrected chi connectivity index (χ1v) is 9.50. The summed E-state index contributed by atoms with van der Waals surface area (Å²) in [5.74, 6) is 0.775. The minimum atomic E-state index is -3.23. The molecular formula is C14H16ClN5O3S. The maximum absolute atomic E-state index is 11.5. The van der Waals surface area contributed by atoms with Gasteiger partial charge < -0.3 is 15.0 Å². The van der Waals surface area contributed by atoms with E-state index in [0.717, 1.165) is 6.26 Å². The van der Waals surface area contributed by atoms with Crippen molar-refractivity contribution in [3.8, 4) is 0 Å². The minimum absolute atomic E-state index is 0.0850. The van der Waals surface area contributed by atoms with Crippen LogP contribution in [0, 0.1) is 0 Å². The number of halogens is 1. The fourth-order valence-electron chi connectivity index (χ4n) is 2.21. The van der Waals surface area contributed by atoms with Crippen molar-refractivity contribution >= 4 is 39.0 Å². The van der Waals surface area contributed by atoms with Gasteiger partial charge in [-0.25, -0.2) is 8.42 Å². The monoisotopic (exact) mass is 369 g/mol. The van der Waals surface area contributed by atoms with Crippen molar-refractivity contribution in [1.82, 2.24) is 15.0 Å². The van der Waals surface area contributed by atoms with Gasteiger partial charge in [-0.1, -0.05) is 0 Å². The Morgan fingerprint density at radius 3 is 2.42 bits per heavy atom. The van der Waals surface area contributed by atoms with Crippen LogP contribution in [0.4, 0.5) is 17.6 Å². The quantitative estimate of drug-likeness (QED) is 0.866. The lowest BCUT2D eigenvalue weighted by atomic mass is 10.3. The predicted octanol–water partition coefficient (Wildman–Crippen LogP) is 1.51. The summed E-state index contributed by atoms with van der Waals surface area (Å²) in [4.78, 5) is 14.8. The molecule has 3 rings (SSSR count). The maximum atomic E-state index is 11.5. The molecule has 0 radical (unpaired) electrons. The van der Waals surface area contributed by atoms with Crippen LogP contribution in [0.25, 0.3) is 0 Å². The number of hydrogen-bond donors (Lipinski definition) is 1. The van der Waals surface area contributed by atoms with Crippen molar-refractivity contribution in [2.24, 2.45) is 0 Å². The zero-order valence-corrected chi connectivity index (χ0v) is 14.5. The van der Waals surface area contributed by atoms with Crippen LogP contribution in [-0.4, -0.2) is 55.9 Å². The van der Waals surface area contributed by atoms with E-state index < -0.39 is 9.84 Å². The Morgan fingerprint density at radius 2 is 1.79 bits per heavy atom. The molecule has 0 amide bonds. The second kappa shape index (κ2) is 6.88. The van der Waals surface area contributed by atoms with Gasteiger partial charge in [0.05, 0.1) is 18.1 Å². The molecule has 2 aromatic rings. The normalized spacial score (nSPS) is 15.3. The Bertz CT molecular complexity index is 823. The second-order valence-corrected chi connectivity index (χ2v) is 7.60. The first kappa shape index (κ1) is 16.9. The first-order chi connectivity index (χ1) is 11.4. The molecule has 24 heavy (non-hydrogen) atoms. The predicted molar refractivity (Wildman–Crippen MR) is 90.7 cm³/mol. The van der Waals surface area contributed by atoms with E-state index in [-0.39, 0.29) is 10.2 Å². The first-order valence-electron chi connectivity index (χ1n) is 7.23. The molecule has 1 saturated heterocycles. The van der Waals surface area contributed by atoms with E-state index in [1.165, 1.54) is 12.1 Å². The highest BCUT2D eigenvalue weighted by Gasteiger charge is 2.16. The highest BCUT2D eigenvalue weighted by Crippen LogP contribution is 2.20. The molecule has 0 unspecified atom stereocenters. The molecular weight excluding hydrogens is 354 g/mol. The summed E-state index contributed by atoms with van der Waals surface area (Å²) in [5.41, 5.74) is 0.651. The second-order valence-electron chi connectivity index (χ2n) is 5.25. The van der Waals surface area contributed by atoms with Gasteiger partial charge >= 0.3 is 0 Å². The smallest absolute Gasteiger partial charge is 0.233 e. The Morgan fingerprint density at radius 1 is 1.12 bits per heavy atom. The topological polar surface area (TPSA) is 97.3 Å². The lowest BCUT2D eigenvalue weighted by Gasteiger charge is -2.26. The largest absolute Gasteiger partial charge is 0.378 e. The Kier molecular flexibility index (Phi) is 4.83. The van der Waals surface area contributed by atoms with Crippen molar-refractivity contribution in [2.75, 3.05) is 42.8 Å². The van der Waals surface area contributed by atoms with Crippen LogP contribution in [0.5, 0.6) is 0 Å². The molecule has 1 aliphatic heterocycles. The molecule has 0 spiro atoms. The molecule has 8 nitrogen and oxygen atoms in total. The molecule has 128 valence electrons. The van der Waals surface area contributed by atoms with Crippen LogP contribution < -0.4 is 10.2 Å². The number of sulfone groups is 1. The van der Waals surface area contributed by atoms with E-state index in [9.17, 15) is 8.42 Å². The Balaban J connectivity index is 1.80. The minimum Gasteiger partial charge on any atom is -0.378 e. The van der Waals surface area contributed by atoms with Gasteiger partial charge in [0, 0.05) is 25.0 Å². The summed E-state index contributed by atoms with van der Waals surface area (Å²) in [6, 6.07) is 6.32. The van der Waals surface area contributed by atoms with Gasteiger partial charge in [0.15, 0.2) is 9.84 Å². The highest BCUT2D eigenvalue weighted by atomic mass is 35.5. The Hall–Kier alpha value is -1.97. The zero-order valence-electron chi connectivity index (χ0n) is 12.9. The van der Waals surface area contributed by atoms with Crippen LogP contribution in [-0.2, 0) is 14.6 Å². The molecule has 1 aromatic heterocycles. The molecule has 1 N–H and O–H groups in total. The van der Waals surface area contributed by atoms with E-state index in [0.29, 0.717) is 43.9 Å². The standard InChI is InChI=1S/C14H16ClN5O3S/c1-24(21,22)11-4-2-10(3-5-11)16-13-17-12(15)18-14(19-13)20-6-8-23-9-7-20/h2-5H,6-9H2,1H3,(H,16,17,18,19). The van der Waals surface area contributed by atoms with Gasteiger partial charge in [0.25, 0.3) is 0 Å². The number of hydrogen-bond acceptors (Lipinski definition) is 8. The summed E-state index contributed by atoms with van der Waals surface area (Å²) in [6.07, 6.45) is 1.16. The molecule has 1 aromatic carbocycles. The van der Waals surface area contributed by atoms with Crippen LogP contribution in [0.2, 0.25) is 5.28 Å². The van der Waals surface area contributed by atoms with Gasteiger partial charge in [-0.3, -0.25) is 0 Å². The van der Waals surface area contributed by atoms with Gasteiger partial charge in [-0.15, -0.1) is 0 Å². The molecule has 10 heteroatoms. The van der Waals surface area contributed by atoms with Gasteiger partial charge in [0.1, 0.15) is 0 Å². The number of nitrogens with one attached hydrogen (secondary N) is 1. The molecule has 0 aliphatic carbocycles. The van der Waals surface area contributed by atoms with E-state index >= 15 is 0 Å². The van der Waals surface area contributed by atoms with Crippen molar-refractivity contribution in [3.63, 3.8) is 0 Å². The third-order valence-electron chi connectivity index (χ3n) is 3.43. The van der Waals surface area contributed by atoms with Gasteiger partial charge in [-0.05, 0) is 35.9 Å². The maximum Gasteiger partial charge on any atom is 0.233 e. The lowest BCUT2D eigenvalue weighted by molar-refractivity contribution is 0.122. The molecule has 0 bridgehead atoms. The summed E-state index contributed by atoms with van der Waals surface area (Å²) in [5, 5.41) is 3.09. The van der Waals surface area contributed by atoms with Gasteiger partial charge in [0.2, 0.25) is 17.2 Å². The van der Waals surface area contributed by atoms with Crippen molar-refractivity contribution in [3.05, 3.63) is 29.5 Å². The molecule has 1 aliphatic rings. The number of benzene rings is 1. The fourth-order valence-corrected chi connectivity index (χ4v) is 3.00. The van der Waals surface area contributed by atoms with Gasteiger partial charge in [-0.2, -0.15) is 15.0 Å². The summed E-state index contributed by atoms with van der Waals surface area (Å²) in [7, 11) is -3.23. The number of aromatic nitrogens is 3. The summed E-state index contributed by atoms with van der Waals surface area (Å²) in [6.45, 7) is 2.59. The van der Waals surface area contributed by atoms with Crippen molar-refractivity contribution < 1.29 is 13.2 Å². The molecule has 2 heterocycles. The van der Waals surface area contributed by atoms with E-state index in [2.05, 4.69) is 20.3 Å². The van der Waals surface area contributed by atoms with E-state index in [1.54, 1.807) is 12.1 Å².